The van der Waals surface area contributed by atoms with Crippen LogP contribution in [0.2, 0.25) is 0 Å². The van der Waals surface area contributed by atoms with Crippen LogP contribution < -0.4 is 10.5 Å². The third kappa shape index (κ3) is 2.33. The predicted molar refractivity (Wildman–Crippen MR) is 79.5 cm³/mol. The van der Waals surface area contributed by atoms with E-state index in [9.17, 15) is 0 Å². The van der Waals surface area contributed by atoms with E-state index in [1.54, 1.807) is 19.5 Å². The summed E-state index contributed by atoms with van der Waals surface area (Å²) >= 11 is 1.50. The molecule has 3 rings (SSSR count). The number of hydrogen-bond acceptors (Lipinski definition) is 6. The Kier molecular flexibility index (Phi) is 3.30. The highest BCUT2D eigenvalue weighted by atomic mass is 32.1. The van der Waals surface area contributed by atoms with Gasteiger partial charge in [0.2, 0.25) is 0 Å². The lowest BCUT2D eigenvalue weighted by atomic mass is 10.2. The fourth-order valence-electron chi connectivity index (χ4n) is 1.79. The van der Waals surface area contributed by atoms with Crippen molar-refractivity contribution in [3.8, 4) is 27.7 Å². The molecule has 20 heavy (non-hydrogen) atoms. The van der Waals surface area contributed by atoms with Crippen LogP contribution in [0.1, 0.15) is 0 Å². The van der Waals surface area contributed by atoms with E-state index < -0.39 is 0 Å². The minimum Gasteiger partial charge on any atom is -0.497 e. The van der Waals surface area contributed by atoms with Crippen molar-refractivity contribution in [2.45, 2.75) is 0 Å². The van der Waals surface area contributed by atoms with Crippen LogP contribution in [0.5, 0.6) is 5.75 Å². The summed E-state index contributed by atoms with van der Waals surface area (Å²) in [7, 11) is 1.65. The van der Waals surface area contributed by atoms with E-state index in [2.05, 4.69) is 15.0 Å². The molecule has 0 spiro atoms. The Balaban J connectivity index is 1.95. The van der Waals surface area contributed by atoms with Gasteiger partial charge in [-0.15, -0.1) is 11.3 Å². The topological polar surface area (TPSA) is 73.9 Å². The summed E-state index contributed by atoms with van der Waals surface area (Å²) in [6.45, 7) is 0. The molecule has 6 heteroatoms. The first-order valence-corrected chi connectivity index (χ1v) is 6.82. The Bertz CT molecular complexity index is 724. The second-order valence-corrected chi connectivity index (χ2v) is 4.91. The third-order valence-corrected chi connectivity index (χ3v) is 3.67. The fourth-order valence-corrected chi connectivity index (χ4v) is 2.62. The molecule has 0 unspecified atom stereocenters. The Hall–Kier alpha value is -2.47. The number of nitrogen functional groups attached to an aromatic ring is 1. The lowest BCUT2D eigenvalue weighted by Gasteiger charge is -2.01. The summed E-state index contributed by atoms with van der Waals surface area (Å²) in [5, 5.41) is 2.74. The van der Waals surface area contributed by atoms with Crippen molar-refractivity contribution in [2.24, 2.45) is 0 Å². The lowest BCUT2D eigenvalue weighted by Crippen LogP contribution is -1.95. The first kappa shape index (κ1) is 12.6. The maximum Gasteiger partial charge on any atom is 0.152 e. The zero-order chi connectivity index (χ0) is 13.9. The number of thiazole rings is 1. The van der Waals surface area contributed by atoms with Crippen LogP contribution in [0.3, 0.4) is 0 Å². The molecule has 0 saturated carbocycles. The molecule has 0 aliphatic carbocycles. The van der Waals surface area contributed by atoms with Crippen LogP contribution in [0, 0.1) is 0 Å². The standard InChI is InChI=1S/C14H12N4OS/c1-19-10-4-2-9(3-5-10)11-8-20-14(18-11)12-13(15)17-7-6-16-12/h2-8H,1H3,(H2,15,17). The monoisotopic (exact) mass is 284 g/mol. The average Bonchev–Trinajstić information content (AvgIpc) is 2.97. The number of anilines is 1. The van der Waals surface area contributed by atoms with Gasteiger partial charge in [0.15, 0.2) is 5.82 Å². The predicted octanol–water partition coefficient (Wildman–Crippen LogP) is 2.86. The van der Waals surface area contributed by atoms with E-state index in [0.29, 0.717) is 11.5 Å². The highest BCUT2D eigenvalue weighted by molar-refractivity contribution is 7.13. The van der Waals surface area contributed by atoms with Gasteiger partial charge in [-0.3, -0.25) is 0 Å². The number of nitrogens with two attached hydrogens (primary N) is 1. The number of nitrogens with zero attached hydrogens (tertiary/aromatic N) is 3. The van der Waals surface area contributed by atoms with Gasteiger partial charge in [-0.2, -0.15) is 0 Å². The fraction of sp³-hybridized carbons (Fsp3) is 0.0714. The van der Waals surface area contributed by atoms with Gasteiger partial charge in [-0.25, -0.2) is 15.0 Å². The summed E-state index contributed by atoms with van der Waals surface area (Å²) < 4.78 is 5.14. The largest absolute Gasteiger partial charge is 0.497 e. The van der Waals surface area contributed by atoms with Crippen LogP contribution in [0.4, 0.5) is 5.82 Å². The summed E-state index contributed by atoms with van der Waals surface area (Å²) in [6, 6.07) is 7.76. The molecule has 0 saturated heterocycles. The van der Waals surface area contributed by atoms with Crippen LogP contribution >= 0.6 is 11.3 Å². The van der Waals surface area contributed by atoms with E-state index in [1.807, 2.05) is 29.6 Å². The Labute approximate surface area is 120 Å². The molecule has 2 aromatic heterocycles. The van der Waals surface area contributed by atoms with Gasteiger partial charge in [0.05, 0.1) is 12.8 Å². The molecule has 1 aromatic carbocycles. The van der Waals surface area contributed by atoms with E-state index >= 15 is 0 Å². The first-order valence-electron chi connectivity index (χ1n) is 5.95. The van der Waals surface area contributed by atoms with Crippen molar-refractivity contribution in [1.29, 1.82) is 0 Å². The molecule has 2 heterocycles. The van der Waals surface area contributed by atoms with E-state index in [4.69, 9.17) is 10.5 Å². The molecule has 0 amide bonds. The second kappa shape index (κ2) is 5.26. The van der Waals surface area contributed by atoms with E-state index in [-0.39, 0.29) is 0 Å². The number of ether oxygens (including phenoxy) is 1. The van der Waals surface area contributed by atoms with Gasteiger partial charge >= 0.3 is 0 Å². The number of aromatic nitrogens is 3. The van der Waals surface area contributed by atoms with Gasteiger partial charge in [0.1, 0.15) is 16.5 Å². The summed E-state index contributed by atoms with van der Waals surface area (Å²) in [5.74, 6) is 1.21. The Morgan fingerprint density at radius 1 is 1.10 bits per heavy atom. The Morgan fingerprint density at radius 2 is 1.85 bits per heavy atom. The van der Waals surface area contributed by atoms with Gasteiger partial charge in [0.25, 0.3) is 0 Å². The second-order valence-electron chi connectivity index (χ2n) is 4.06. The average molecular weight is 284 g/mol. The normalized spacial score (nSPS) is 10.4. The summed E-state index contributed by atoms with van der Waals surface area (Å²) in [5.41, 5.74) is 8.35. The molecular formula is C14H12N4OS. The number of rotatable bonds is 3. The Morgan fingerprint density at radius 3 is 2.55 bits per heavy atom. The highest BCUT2D eigenvalue weighted by Crippen LogP contribution is 2.30. The van der Waals surface area contributed by atoms with Crippen LogP contribution in [-0.4, -0.2) is 22.1 Å². The molecule has 0 radical (unpaired) electrons. The minimum atomic E-state index is 0.392. The smallest absolute Gasteiger partial charge is 0.152 e. The zero-order valence-electron chi connectivity index (χ0n) is 10.8. The maximum absolute atomic E-state index is 5.81. The maximum atomic E-state index is 5.81. The lowest BCUT2D eigenvalue weighted by molar-refractivity contribution is 0.415. The molecule has 100 valence electrons. The molecule has 0 atom stereocenters. The van der Waals surface area contributed by atoms with E-state index in [0.717, 1.165) is 22.0 Å². The molecule has 2 N–H and O–H groups in total. The van der Waals surface area contributed by atoms with Gasteiger partial charge in [-0.1, -0.05) is 0 Å². The van der Waals surface area contributed by atoms with Crippen molar-refractivity contribution >= 4 is 17.2 Å². The summed E-state index contributed by atoms with van der Waals surface area (Å²) in [4.78, 5) is 12.8. The summed E-state index contributed by atoms with van der Waals surface area (Å²) in [6.07, 6.45) is 3.18. The molecule has 3 aromatic rings. The van der Waals surface area contributed by atoms with Gasteiger partial charge < -0.3 is 10.5 Å². The molecule has 5 nitrogen and oxygen atoms in total. The zero-order valence-corrected chi connectivity index (χ0v) is 11.6. The molecule has 0 aliphatic heterocycles. The first-order chi connectivity index (χ1) is 9.78. The minimum absolute atomic E-state index is 0.392. The van der Waals surface area contributed by atoms with Crippen LogP contribution in [0.25, 0.3) is 22.0 Å². The van der Waals surface area contributed by atoms with Crippen molar-refractivity contribution in [3.63, 3.8) is 0 Å². The number of benzene rings is 1. The number of methoxy groups -OCH3 is 1. The third-order valence-electron chi connectivity index (χ3n) is 2.82. The molecule has 0 aliphatic rings. The molecule has 0 bridgehead atoms. The molecule has 0 fully saturated rings. The molecular weight excluding hydrogens is 272 g/mol. The van der Waals surface area contributed by atoms with Crippen molar-refractivity contribution in [2.75, 3.05) is 12.8 Å². The van der Waals surface area contributed by atoms with Crippen LogP contribution in [0.15, 0.2) is 42.0 Å². The highest BCUT2D eigenvalue weighted by Gasteiger charge is 2.11. The van der Waals surface area contributed by atoms with Crippen LogP contribution in [-0.2, 0) is 0 Å². The van der Waals surface area contributed by atoms with Crippen molar-refractivity contribution < 1.29 is 4.74 Å². The quantitative estimate of drug-likeness (QED) is 0.800. The van der Waals surface area contributed by atoms with Crippen molar-refractivity contribution in [1.82, 2.24) is 15.0 Å². The number of hydrogen-bond donors (Lipinski definition) is 1. The SMILES string of the molecule is COc1ccc(-c2csc(-c3nccnc3N)n2)cc1. The van der Waals surface area contributed by atoms with Gasteiger partial charge in [0, 0.05) is 23.3 Å². The van der Waals surface area contributed by atoms with Crippen molar-refractivity contribution in [3.05, 3.63) is 42.0 Å². The van der Waals surface area contributed by atoms with E-state index in [1.165, 1.54) is 11.3 Å². The van der Waals surface area contributed by atoms with Gasteiger partial charge in [-0.05, 0) is 24.3 Å².